The highest BCUT2D eigenvalue weighted by atomic mass is 32.2. The standard InChI is InChI=1S/C15H22N2O4S/c1-12-10-13(6-7-14(12)21-11-15(18)16-2)22(19,20)17-8-4-3-5-9-17/h6-7,10H,3-5,8-9,11H2,1-2H3,(H,16,18). The SMILES string of the molecule is CNC(=O)COc1ccc(S(=O)(=O)N2CCCCC2)cc1C. The Bertz CT molecular complexity index is 637. The van der Waals surface area contributed by atoms with Gasteiger partial charge in [0, 0.05) is 20.1 Å². The van der Waals surface area contributed by atoms with Gasteiger partial charge in [-0.15, -0.1) is 0 Å². The highest BCUT2D eigenvalue weighted by Crippen LogP contribution is 2.25. The van der Waals surface area contributed by atoms with Gasteiger partial charge in [-0.25, -0.2) is 8.42 Å². The molecule has 0 bridgehead atoms. The van der Waals surface area contributed by atoms with Crippen LogP contribution in [0.15, 0.2) is 23.1 Å². The van der Waals surface area contributed by atoms with Crippen LogP contribution in [-0.2, 0) is 14.8 Å². The van der Waals surface area contributed by atoms with Crippen LogP contribution in [0.25, 0.3) is 0 Å². The van der Waals surface area contributed by atoms with Crippen molar-refractivity contribution in [2.24, 2.45) is 0 Å². The van der Waals surface area contributed by atoms with Crippen LogP contribution in [0.4, 0.5) is 0 Å². The average molecular weight is 326 g/mol. The third-order valence-corrected chi connectivity index (χ3v) is 5.63. The normalized spacial score (nSPS) is 16.3. The molecule has 1 N–H and O–H groups in total. The Morgan fingerprint density at radius 1 is 1.27 bits per heavy atom. The van der Waals surface area contributed by atoms with E-state index in [4.69, 9.17) is 4.74 Å². The Hall–Kier alpha value is -1.60. The second-order valence-corrected chi connectivity index (χ2v) is 7.29. The summed E-state index contributed by atoms with van der Waals surface area (Å²) in [5.74, 6) is 0.283. The van der Waals surface area contributed by atoms with Crippen molar-refractivity contribution < 1.29 is 17.9 Å². The molecule has 1 aromatic rings. The van der Waals surface area contributed by atoms with Crippen molar-refractivity contribution in [3.8, 4) is 5.75 Å². The van der Waals surface area contributed by atoms with Gasteiger partial charge in [-0.05, 0) is 43.5 Å². The Balaban J connectivity index is 2.15. The molecule has 1 saturated heterocycles. The van der Waals surface area contributed by atoms with Crippen molar-refractivity contribution >= 4 is 15.9 Å². The van der Waals surface area contributed by atoms with Crippen LogP contribution in [0.3, 0.4) is 0 Å². The van der Waals surface area contributed by atoms with E-state index in [1.807, 2.05) is 0 Å². The highest BCUT2D eigenvalue weighted by Gasteiger charge is 2.26. The summed E-state index contributed by atoms with van der Waals surface area (Å²) in [5, 5.41) is 2.47. The molecule has 0 spiro atoms. The number of hydrogen-bond donors (Lipinski definition) is 1. The first-order valence-corrected chi connectivity index (χ1v) is 8.83. The number of benzene rings is 1. The largest absolute Gasteiger partial charge is 0.484 e. The van der Waals surface area contributed by atoms with Crippen LogP contribution in [-0.4, -0.2) is 45.4 Å². The van der Waals surface area contributed by atoms with E-state index < -0.39 is 10.0 Å². The molecule has 1 aliphatic rings. The maximum Gasteiger partial charge on any atom is 0.257 e. The number of sulfonamides is 1. The highest BCUT2D eigenvalue weighted by molar-refractivity contribution is 7.89. The lowest BCUT2D eigenvalue weighted by atomic mass is 10.2. The fraction of sp³-hybridized carbons (Fsp3) is 0.533. The van der Waals surface area contributed by atoms with Crippen molar-refractivity contribution in [1.82, 2.24) is 9.62 Å². The molecule has 22 heavy (non-hydrogen) atoms. The average Bonchev–Trinajstić information content (AvgIpc) is 2.54. The first kappa shape index (κ1) is 16.8. The van der Waals surface area contributed by atoms with Crippen LogP contribution in [0, 0.1) is 6.92 Å². The fourth-order valence-electron chi connectivity index (χ4n) is 2.41. The third kappa shape index (κ3) is 3.78. The minimum Gasteiger partial charge on any atom is -0.484 e. The minimum atomic E-state index is -3.44. The van der Waals surface area contributed by atoms with Crippen molar-refractivity contribution in [3.05, 3.63) is 23.8 Å². The van der Waals surface area contributed by atoms with E-state index in [0.29, 0.717) is 24.4 Å². The molecule has 0 aromatic heterocycles. The van der Waals surface area contributed by atoms with E-state index in [2.05, 4.69) is 5.32 Å². The number of rotatable bonds is 5. The van der Waals surface area contributed by atoms with E-state index in [9.17, 15) is 13.2 Å². The monoisotopic (exact) mass is 326 g/mol. The number of amides is 1. The number of piperidine rings is 1. The fourth-order valence-corrected chi connectivity index (χ4v) is 4.02. The number of nitrogens with one attached hydrogen (secondary N) is 1. The lowest BCUT2D eigenvalue weighted by Crippen LogP contribution is -2.35. The molecule has 1 aliphatic heterocycles. The van der Waals surface area contributed by atoms with Gasteiger partial charge in [0.1, 0.15) is 5.75 Å². The van der Waals surface area contributed by atoms with E-state index >= 15 is 0 Å². The Labute approximate surface area is 131 Å². The predicted octanol–water partition coefficient (Wildman–Crippen LogP) is 1.29. The van der Waals surface area contributed by atoms with Crippen molar-refractivity contribution in [3.63, 3.8) is 0 Å². The molecular formula is C15H22N2O4S. The molecule has 0 aliphatic carbocycles. The molecule has 0 unspecified atom stereocenters. The Morgan fingerprint density at radius 3 is 2.55 bits per heavy atom. The third-order valence-electron chi connectivity index (χ3n) is 3.74. The summed E-state index contributed by atoms with van der Waals surface area (Å²) in [4.78, 5) is 11.5. The number of hydrogen-bond acceptors (Lipinski definition) is 4. The zero-order valence-corrected chi connectivity index (χ0v) is 13.8. The van der Waals surface area contributed by atoms with Gasteiger partial charge in [0.2, 0.25) is 10.0 Å². The van der Waals surface area contributed by atoms with Crippen LogP contribution in [0.2, 0.25) is 0 Å². The second-order valence-electron chi connectivity index (χ2n) is 5.35. The van der Waals surface area contributed by atoms with Crippen molar-refractivity contribution in [2.75, 3.05) is 26.7 Å². The van der Waals surface area contributed by atoms with E-state index in [0.717, 1.165) is 19.3 Å². The molecule has 7 heteroatoms. The van der Waals surface area contributed by atoms with Gasteiger partial charge in [0.25, 0.3) is 5.91 Å². The summed E-state index contributed by atoms with van der Waals surface area (Å²) < 4.78 is 32.1. The van der Waals surface area contributed by atoms with Crippen LogP contribution in [0.5, 0.6) is 5.75 Å². The molecule has 1 heterocycles. The molecule has 0 saturated carbocycles. The molecule has 2 rings (SSSR count). The number of likely N-dealkylation sites (N-methyl/N-ethyl adjacent to an activating group) is 1. The molecule has 0 radical (unpaired) electrons. The number of ether oxygens (including phenoxy) is 1. The second kappa shape index (κ2) is 7.11. The van der Waals surface area contributed by atoms with Gasteiger partial charge in [-0.2, -0.15) is 4.31 Å². The van der Waals surface area contributed by atoms with Gasteiger partial charge >= 0.3 is 0 Å². The summed E-state index contributed by atoms with van der Waals surface area (Å²) in [6.07, 6.45) is 2.90. The van der Waals surface area contributed by atoms with Gasteiger partial charge in [0.05, 0.1) is 4.90 Å². The summed E-state index contributed by atoms with van der Waals surface area (Å²) in [5.41, 5.74) is 0.696. The number of carbonyl (C=O) groups excluding carboxylic acids is 1. The van der Waals surface area contributed by atoms with Gasteiger partial charge in [-0.3, -0.25) is 4.79 Å². The zero-order valence-electron chi connectivity index (χ0n) is 13.0. The number of nitrogens with zero attached hydrogens (tertiary/aromatic N) is 1. The molecule has 1 amide bonds. The topological polar surface area (TPSA) is 75.7 Å². The van der Waals surface area contributed by atoms with Gasteiger partial charge in [0.15, 0.2) is 6.61 Å². The van der Waals surface area contributed by atoms with Crippen molar-refractivity contribution in [2.45, 2.75) is 31.1 Å². The molecule has 1 aromatic carbocycles. The first-order valence-electron chi connectivity index (χ1n) is 7.39. The summed E-state index contributed by atoms with van der Waals surface area (Å²) >= 11 is 0. The summed E-state index contributed by atoms with van der Waals surface area (Å²) in [6, 6.07) is 4.74. The molecule has 0 atom stereocenters. The molecular weight excluding hydrogens is 304 g/mol. The molecule has 1 fully saturated rings. The first-order chi connectivity index (χ1) is 10.4. The lowest BCUT2D eigenvalue weighted by Gasteiger charge is -2.26. The molecule has 122 valence electrons. The number of aryl methyl sites for hydroxylation is 1. The van der Waals surface area contributed by atoms with Crippen LogP contribution >= 0.6 is 0 Å². The predicted molar refractivity (Wildman–Crippen MR) is 83.4 cm³/mol. The minimum absolute atomic E-state index is 0.0877. The summed E-state index contributed by atoms with van der Waals surface area (Å²) in [7, 11) is -1.90. The molecule has 6 nitrogen and oxygen atoms in total. The zero-order chi connectivity index (χ0) is 16.2. The Morgan fingerprint density at radius 2 is 1.95 bits per heavy atom. The van der Waals surface area contributed by atoms with Crippen LogP contribution in [0.1, 0.15) is 24.8 Å². The lowest BCUT2D eigenvalue weighted by molar-refractivity contribution is -0.122. The maximum atomic E-state index is 12.6. The quantitative estimate of drug-likeness (QED) is 0.885. The van der Waals surface area contributed by atoms with Gasteiger partial charge in [-0.1, -0.05) is 6.42 Å². The summed E-state index contributed by atoms with van der Waals surface area (Å²) in [6.45, 7) is 2.84. The van der Waals surface area contributed by atoms with Crippen molar-refractivity contribution in [1.29, 1.82) is 0 Å². The van der Waals surface area contributed by atoms with E-state index in [1.54, 1.807) is 19.1 Å². The van der Waals surface area contributed by atoms with Gasteiger partial charge < -0.3 is 10.1 Å². The van der Waals surface area contributed by atoms with Crippen LogP contribution < -0.4 is 10.1 Å². The number of carbonyl (C=O) groups is 1. The maximum absolute atomic E-state index is 12.6. The Kier molecular flexibility index (Phi) is 5.42. The van der Waals surface area contributed by atoms with E-state index in [-0.39, 0.29) is 17.4 Å². The van der Waals surface area contributed by atoms with E-state index in [1.165, 1.54) is 17.4 Å². The smallest absolute Gasteiger partial charge is 0.257 e.